The molecule has 1 amide bonds. The molecule has 2 rings (SSSR count). The lowest BCUT2D eigenvalue weighted by Gasteiger charge is -2.33. The molecule has 0 saturated carbocycles. The van der Waals surface area contributed by atoms with Crippen molar-refractivity contribution in [2.75, 3.05) is 13.1 Å². The van der Waals surface area contributed by atoms with Crippen LogP contribution < -0.4 is 5.32 Å². The molecule has 0 bridgehead atoms. The predicted octanol–water partition coefficient (Wildman–Crippen LogP) is 3.13. The molecule has 1 aliphatic rings. The molecule has 0 spiro atoms. The molecular formula is C16H24ClFN2O. The van der Waals surface area contributed by atoms with Crippen LogP contribution in [-0.4, -0.2) is 29.4 Å². The normalized spacial score (nSPS) is 20.9. The maximum atomic E-state index is 13.2. The number of nitrogens with one attached hydrogen (secondary N) is 1. The largest absolute Gasteiger partial charge is 0.337 e. The summed E-state index contributed by atoms with van der Waals surface area (Å²) in [7, 11) is 0. The third-order valence-corrected chi connectivity index (χ3v) is 4.19. The van der Waals surface area contributed by atoms with Gasteiger partial charge in [-0.3, -0.25) is 4.79 Å². The number of likely N-dealkylation sites (N-methyl/N-ethyl adjacent to an activating group) is 1. The second-order valence-corrected chi connectivity index (χ2v) is 5.42. The molecule has 1 aliphatic heterocycles. The minimum absolute atomic E-state index is 0. The Bertz CT molecular complexity index is 475. The molecule has 1 aromatic carbocycles. The van der Waals surface area contributed by atoms with Gasteiger partial charge >= 0.3 is 0 Å². The van der Waals surface area contributed by atoms with Crippen molar-refractivity contribution >= 4 is 18.3 Å². The average molecular weight is 315 g/mol. The van der Waals surface area contributed by atoms with Crippen molar-refractivity contribution in [2.45, 2.75) is 45.2 Å². The van der Waals surface area contributed by atoms with E-state index in [9.17, 15) is 9.18 Å². The Morgan fingerprint density at radius 1 is 1.43 bits per heavy atom. The van der Waals surface area contributed by atoms with E-state index in [2.05, 4.69) is 5.32 Å². The molecule has 0 aliphatic carbocycles. The maximum Gasteiger partial charge on any atom is 0.243 e. The molecule has 1 aromatic rings. The van der Waals surface area contributed by atoms with Crippen LogP contribution in [0.3, 0.4) is 0 Å². The maximum absolute atomic E-state index is 13.2. The van der Waals surface area contributed by atoms with Crippen LogP contribution in [0.25, 0.3) is 0 Å². The zero-order valence-electron chi connectivity index (χ0n) is 12.7. The van der Waals surface area contributed by atoms with E-state index in [1.807, 2.05) is 24.8 Å². The summed E-state index contributed by atoms with van der Waals surface area (Å²) in [5.41, 5.74) is 0.424. The Kier molecular flexibility index (Phi) is 6.62. The number of hydrogen-bond donors (Lipinski definition) is 1. The molecule has 118 valence electrons. The van der Waals surface area contributed by atoms with Gasteiger partial charge in [0.25, 0.3) is 0 Å². The summed E-state index contributed by atoms with van der Waals surface area (Å²) in [4.78, 5) is 14.6. The number of hydrogen-bond acceptors (Lipinski definition) is 2. The van der Waals surface area contributed by atoms with Gasteiger partial charge in [-0.1, -0.05) is 19.1 Å². The summed E-state index contributed by atoms with van der Waals surface area (Å²) in [5.74, 6) is -0.112. The first-order valence-electron chi connectivity index (χ1n) is 7.40. The van der Waals surface area contributed by atoms with E-state index >= 15 is 0 Å². The van der Waals surface area contributed by atoms with Crippen LogP contribution >= 0.6 is 12.4 Å². The second kappa shape index (κ2) is 7.76. The van der Waals surface area contributed by atoms with Crippen molar-refractivity contribution in [1.29, 1.82) is 0 Å². The van der Waals surface area contributed by atoms with Crippen molar-refractivity contribution in [2.24, 2.45) is 0 Å². The van der Waals surface area contributed by atoms with Crippen LogP contribution in [0.5, 0.6) is 0 Å². The lowest BCUT2D eigenvalue weighted by atomic mass is 9.92. The summed E-state index contributed by atoms with van der Waals surface area (Å²) >= 11 is 0. The SMILES string of the molecule is CCN(Cc1cccc(F)c1)C(=O)C1(CC)CCCN1.Cl. The summed E-state index contributed by atoms with van der Waals surface area (Å²) < 4.78 is 13.2. The lowest BCUT2D eigenvalue weighted by Crippen LogP contribution is -2.54. The first kappa shape index (κ1) is 17.9. The number of halogens is 2. The van der Waals surface area contributed by atoms with E-state index in [-0.39, 0.29) is 24.1 Å². The van der Waals surface area contributed by atoms with Gasteiger partial charge in [-0.2, -0.15) is 0 Å². The first-order chi connectivity index (χ1) is 9.61. The van der Waals surface area contributed by atoms with Crippen LogP contribution in [0.15, 0.2) is 24.3 Å². The molecular weight excluding hydrogens is 291 g/mol. The fraction of sp³-hybridized carbons (Fsp3) is 0.562. The van der Waals surface area contributed by atoms with Gasteiger partial charge in [0.15, 0.2) is 0 Å². The molecule has 1 saturated heterocycles. The van der Waals surface area contributed by atoms with E-state index in [0.717, 1.165) is 31.4 Å². The molecule has 1 fully saturated rings. The number of rotatable bonds is 5. The monoisotopic (exact) mass is 314 g/mol. The molecule has 21 heavy (non-hydrogen) atoms. The zero-order chi connectivity index (χ0) is 14.6. The molecule has 1 N–H and O–H groups in total. The van der Waals surface area contributed by atoms with Crippen LogP contribution in [0.2, 0.25) is 0 Å². The Morgan fingerprint density at radius 3 is 2.71 bits per heavy atom. The van der Waals surface area contributed by atoms with Crippen LogP contribution in [-0.2, 0) is 11.3 Å². The third kappa shape index (κ3) is 3.95. The molecule has 1 heterocycles. The number of nitrogens with zero attached hydrogens (tertiary/aromatic N) is 1. The fourth-order valence-corrected chi connectivity index (χ4v) is 2.93. The predicted molar refractivity (Wildman–Crippen MR) is 85.0 cm³/mol. The molecule has 0 radical (unpaired) electrons. The average Bonchev–Trinajstić information content (AvgIpc) is 2.94. The van der Waals surface area contributed by atoms with Gasteiger partial charge in [0.05, 0.1) is 5.54 Å². The van der Waals surface area contributed by atoms with E-state index in [0.29, 0.717) is 13.1 Å². The highest BCUT2D eigenvalue weighted by Crippen LogP contribution is 2.26. The molecule has 1 atom stereocenters. The van der Waals surface area contributed by atoms with Crippen LogP contribution in [0.4, 0.5) is 4.39 Å². The number of benzene rings is 1. The summed E-state index contributed by atoms with van der Waals surface area (Å²) in [6, 6.07) is 6.47. The van der Waals surface area contributed by atoms with E-state index in [1.165, 1.54) is 12.1 Å². The Labute approximate surface area is 132 Å². The number of carbonyl (C=O) groups is 1. The lowest BCUT2D eigenvalue weighted by molar-refractivity contribution is -0.138. The Hall–Kier alpha value is -1.13. The second-order valence-electron chi connectivity index (χ2n) is 5.42. The minimum atomic E-state index is -0.413. The fourth-order valence-electron chi connectivity index (χ4n) is 2.93. The summed E-state index contributed by atoms with van der Waals surface area (Å²) in [6.07, 6.45) is 2.73. The molecule has 0 aromatic heterocycles. The standard InChI is InChI=1S/C16H23FN2O.ClH/c1-3-16(9-6-10-18-16)15(20)19(4-2)12-13-7-5-8-14(17)11-13;/h5,7-8,11,18H,3-4,6,9-10,12H2,1-2H3;1H. The summed E-state index contributed by atoms with van der Waals surface area (Å²) in [5, 5.41) is 3.37. The summed E-state index contributed by atoms with van der Waals surface area (Å²) in [6.45, 7) is 6.02. The van der Waals surface area contributed by atoms with E-state index in [4.69, 9.17) is 0 Å². The van der Waals surface area contributed by atoms with Crippen molar-refractivity contribution in [3.05, 3.63) is 35.6 Å². The van der Waals surface area contributed by atoms with Gasteiger partial charge in [0, 0.05) is 13.1 Å². The van der Waals surface area contributed by atoms with Gasteiger partial charge < -0.3 is 10.2 Å². The minimum Gasteiger partial charge on any atom is -0.337 e. The van der Waals surface area contributed by atoms with Crippen LogP contribution in [0, 0.1) is 5.82 Å². The van der Waals surface area contributed by atoms with Gasteiger partial charge in [0.1, 0.15) is 5.82 Å². The number of carbonyl (C=O) groups excluding carboxylic acids is 1. The quantitative estimate of drug-likeness (QED) is 0.905. The Morgan fingerprint density at radius 2 is 2.19 bits per heavy atom. The Balaban J connectivity index is 0.00000220. The molecule has 1 unspecified atom stereocenters. The van der Waals surface area contributed by atoms with Gasteiger partial charge in [-0.05, 0) is 50.4 Å². The van der Waals surface area contributed by atoms with Gasteiger partial charge in [0.2, 0.25) is 5.91 Å². The van der Waals surface area contributed by atoms with Gasteiger partial charge in [-0.25, -0.2) is 4.39 Å². The van der Waals surface area contributed by atoms with Gasteiger partial charge in [-0.15, -0.1) is 12.4 Å². The smallest absolute Gasteiger partial charge is 0.243 e. The van der Waals surface area contributed by atoms with Crippen molar-refractivity contribution < 1.29 is 9.18 Å². The molecule has 5 heteroatoms. The highest BCUT2D eigenvalue weighted by molar-refractivity contribution is 5.86. The van der Waals surface area contributed by atoms with Crippen molar-refractivity contribution in [1.82, 2.24) is 10.2 Å². The first-order valence-corrected chi connectivity index (χ1v) is 7.40. The van der Waals surface area contributed by atoms with Crippen molar-refractivity contribution in [3.63, 3.8) is 0 Å². The highest BCUT2D eigenvalue weighted by Gasteiger charge is 2.41. The van der Waals surface area contributed by atoms with E-state index < -0.39 is 5.54 Å². The number of amides is 1. The zero-order valence-corrected chi connectivity index (χ0v) is 13.5. The van der Waals surface area contributed by atoms with Crippen LogP contribution in [0.1, 0.15) is 38.7 Å². The third-order valence-electron chi connectivity index (χ3n) is 4.19. The highest BCUT2D eigenvalue weighted by atomic mass is 35.5. The molecule has 3 nitrogen and oxygen atoms in total. The van der Waals surface area contributed by atoms with Crippen molar-refractivity contribution in [3.8, 4) is 0 Å². The van der Waals surface area contributed by atoms with E-state index in [1.54, 1.807) is 6.07 Å². The topological polar surface area (TPSA) is 32.3 Å².